The summed E-state index contributed by atoms with van der Waals surface area (Å²) in [5.41, 5.74) is 1.50. The SMILES string of the molecule is CCCOc1ccccc1C=C(C#N)C(=O)Nc1ncc(Cc2cc(Cl)ccc2Cl)s1. The van der Waals surface area contributed by atoms with Gasteiger partial charge >= 0.3 is 0 Å². The minimum atomic E-state index is -0.533. The lowest BCUT2D eigenvalue weighted by atomic mass is 10.1. The number of ether oxygens (including phenoxy) is 1. The Morgan fingerprint density at radius 3 is 2.87 bits per heavy atom. The predicted octanol–water partition coefficient (Wildman–Crippen LogP) is 6.38. The molecule has 1 heterocycles. The molecule has 0 atom stereocenters. The molecule has 0 spiro atoms. The Kier molecular flexibility index (Phi) is 8.07. The van der Waals surface area contributed by atoms with Gasteiger partial charge in [0.25, 0.3) is 5.91 Å². The van der Waals surface area contributed by atoms with Crippen molar-refractivity contribution in [1.29, 1.82) is 5.26 Å². The summed E-state index contributed by atoms with van der Waals surface area (Å²) < 4.78 is 5.69. The van der Waals surface area contributed by atoms with Crippen LogP contribution in [0.3, 0.4) is 0 Å². The Bertz CT molecular complexity index is 1150. The first kappa shape index (κ1) is 22.8. The van der Waals surface area contributed by atoms with Crippen LogP contribution in [0.1, 0.15) is 29.3 Å². The number of nitriles is 1. The number of hydrogen-bond acceptors (Lipinski definition) is 5. The molecule has 0 aliphatic carbocycles. The van der Waals surface area contributed by atoms with Crippen molar-refractivity contribution in [2.24, 2.45) is 0 Å². The number of rotatable bonds is 8. The quantitative estimate of drug-likeness (QED) is 0.305. The summed E-state index contributed by atoms with van der Waals surface area (Å²) in [6, 6.07) is 14.5. The second-order valence-corrected chi connectivity index (χ2v) is 8.51. The number of nitrogens with one attached hydrogen (secondary N) is 1. The van der Waals surface area contributed by atoms with Crippen LogP contribution in [0, 0.1) is 11.3 Å². The molecule has 0 bridgehead atoms. The third kappa shape index (κ3) is 6.31. The van der Waals surface area contributed by atoms with E-state index in [1.54, 1.807) is 30.5 Å². The Hall–Kier alpha value is -2.85. The maximum Gasteiger partial charge on any atom is 0.268 e. The molecule has 3 rings (SSSR count). The average Bonchev–Trinajstić information content (AvgIpc) is 3.20. The zero-order chi connectivity index (χ0) is 22.2. The molecule has 2 aromatic carbocycles. The van der Waals surface area contributed by atoms with Crippen molar-refractivity contribution >= 4 is 51.7 Å². The second kappa shape index (κ2) is 11.0. The van der Waals surface area contributed by atoms with E-state index in [-0.39, 0.29) is 5.57 Å². The summed E-state index contributed by atoms with van der Waals surface area (Å²) in [6.07, 6.45) is 4.58. The molecule has 1 amide bonds. The van der Waals surface area contributed by atoms with Gasteiger partial charge in [0, 0.05) is 33.1 Å². The van der Waals surface area contributed by atoms with Gasteiger partial charge in [0.2, 0.25) is 0 Å². The molecule has 158 valence electrons. The summed E-state index contributed by atoms with van der Waals surface area (Å²) in [5.74, 6) is 0.0920. The van der Waals surface area contributed by atoms with Crippen LogP contribution in [0.2, 0.25) is 10.0 Å². The zero-order valence-electron chi connectivity index (χ0n) is 16.7. The van der Waals surface area contributed by atoms with E-state index in [0.717, 1.165) is 16.9 Å². The third-order valence-corrected chi connectivity index (χ3v) is 5.71. The highest BCUT2D eigenvalue weighted by Gasteiger charge is 2.14. The van der Waals surface area contributed by atoms with Crippen LogP contribution >= 0.6 is 34.5 Å². The van der Waals surface area contributed by atoms with Gasteiger partial charge in [-0.1, -0.05) is 48.3 Å². The molecule has 0 radical (unpaired) electrons. The zero-order valence-corrected chi connectivity index (χ0v) is 19.0. The van der Waals surface area contributed by atoms with Crippen molar-refractivity contribution in [3.05, 3.63) is 80.3 Å². The summed E-state index contributed by atoms with van der Waals surface area (Å²) >= 11 is 13.6. The normalized spacial score (nSPS) is 11.1. The highest BCUT2D eigenvalue weighted by Crippen LogP contribution is 2.27. The molecule has 3 aromatic rings. The van der Waals surface area contributed by atoms with E-state index >= 15 is 0 Å². The van der Waals surface area contributed by atoms with Crippen molar-refractivity contribution in [3.63, 3.8) is 0 Å². The van der Waals surface area contributed by atoms with Gasteiger partial charge in [0.15, 0.2) is 5.13 Å². The molecule has 0 aliphatic rings. The summed E-state index contributed by atoms with van der Waals surface area (Å²) in [4.78, 5) is 17.8. The molecule has 0 fully saturated rings. The van der Waals surface area contributed by atoms with Gasteiger partial charge in [-0.2, -0.15) is 5.26 Å². The van der Waals surface area contributed by atoms with Gasteiger partial charge in [-0.15, -0.1) is 11.3 Å². The monoisotopic (exact) mass is 471 g/mol. The molecule has 1 N–H and O–H groups in total. The van der Waals surface area contributed by atoms with Crippen molar-refractivity contribution in [1.82, 2.24) is 4.98 Å². The van der Waals surface area contributed by atoms with E-state index in [0.29, 0.717) is 39.5 Å². The molecular weight excluding hydrogens is 453 g/mol. The van der Waals surface area contributed by atoms with E-state index in [9.17, 15) is 10.1 Å². The van der Waals surface area contributed by atoms with Crippen LogP contribution in [0.25, 0.3) is 6.08 Å². The minimum Gasteiger partial charge on any atom is -0.493 e. The standard InChI is InChI=1S/C23H19Cl2N3O2S/c1-2-9-30-21-6-4-3-5-15(21)10-17(13-26)22(29)28-23-27-14-19(31-23)12-16-11-18(24)7-8-20(16)25/h3-8,10-11,14H,2,9,12H2,1H3,(H,27,28,29). The van der Waals surface area contributed by atoms with E-state index in [1.165, 1.54) is 17.4 Å². The van der Waals surface area contributed by atoms with Gasteiger partial charge in [-0.3, -0.25) is 10.1 Å². The number of carbonyl (C=O) groups is 1. The fourth-order valence-electron chi connectivity index (χ4n) is 2.73. The first-order valence-corrected chi connectivity index (χ1v) is 11.1. The highest BCUT2D eigenvalue weighted by molar-refractivity contribution is 7.15. The lowest BCUT2D eigenvalue weighted by Gasteiger charge is -2.08. The van der Waals surface area contributed by atoms with Gasteiger partial charge in [0.05, 0.1) is 6.61 Å². The van der Waals surface area contributed by atoms with Crippen molar-refractivity contribution in [2.75, 3.05) is 11.9 Å². The fraction of sp³-hybridized carbons (Fsp3) is 0.174. The van der Waals surface area contributed by atoms with Crippen molar-refractivity contribution in [3.8, 4) is 11.8 Å². The first-order valence-electron chi connectivity index (χ1n) is 9.53. The Morgan fingerprint density at radius 1 is 1.29 bits per heavy atom. The molecule has 0 aliphatic heterocycles. The summed E-state index contributed by atoms with van der Waals surface area (Å²) in [5, 5.41) is 13.8. The van der Waals surface area contributed by atoms with Gasteiger partial charge < -0.3 is 4.74 Å². The number of carbonyl (C=O) groups excluding carboxylic acids is 1. The lowest BCUT2D eigenvalue weighted by molar-refractivity contribution is -0.112. The van der Waals surface area contributed by atoms with E-state index in [2.05, 4.69) is 10.3 Å². The van der Waals surface area contributed by atoms with Crippen molar-refractivity contribution in [2.45, 2.75) is 19.8 Å². The number of anilines is 1. The lowest BCUT2D eigenvalue weighted by Crippen LogP contribution is -2.13. The molecule has 1 aromatic heterocycles. The van der Waals surface area contributed by atoms with Crippen LogP contribution in [-0.2, 0) is 11.2 Å². The number of halogens is 2. The van der Waals surface area contributed by atoms with E-state index in [4.69, 9.17) is 27.9 Å². The fourth-order valence-corrected chi connectivity index (χ4v) is 3.93. The maximum atomic E-state index is 12.6. The first-order chi connectivity index (χ1) is 15.0. The van der Waals surface area contributed by atoms with Crippen LogP contribution in [0.5, 0.6) is 5.75 Å². The summed E-state index contributed by atoms with van der Waals surface area (Å²) in [7, 11) is 0. The number of hydrogen-bond donors (Lipinski definition) is 1. The van der Waals surface area contributed by atoms with Crippen molar-refractivity contribution < 1.29 is 9.53 Å². The number of thiazole rings is 1. The Labute approximate surface area is 194 Å². The largest absolute Gasteiger partial charge is 0.493 e. The van der Waals surface area contributed by atoms with Crippen LogP contribution in [0.4, 0.5) is 5.13 Å². The van der Waals surface area contributed by atoms with Gasteiger partial charge in [-0.25, -0.2) is 4.98 Å². The molecule has 31 heavy (non-hydrogen) atoms. The predicted molar refractivity (Wildman–Crippen MR) is 126 cm³/mol. The van der Waals surface area contributed by atoms with Gasteiger partial charge in [0.1, 0.15) is 17.4 Å². The number of para-hydroxylation sites is 1. The van der Waals surface area contributed by atoms with Crippen LogP contribution in [0.15, 0.2) is 54.2 Å². The second-order valence-electron chi connectivity index (χ2n) is 6.55. The molecule has 0 saturated carbocycles. The summed E-state index contributed by atoms with van der Waals surface area (Å²) in [6.45, 7) is 2.56. The molecule has 5 nitrogen and oxygen atoms in total. The topological polar surface area (TPSA) is 75.0 Å². The number of aromatic nitrogens is 1. The maximum absolute atomic E-state index is 12.6. The Morgan fingerprint density at radius 2 is 2.10 bits per heavy atom. The van der Waals surface area contributed by atoms with Gasteiger partial charge in [-0.05, 0) is 42.3 Å². The average molecular weight is 472 g/mol. The smallest absolute Gasteiger partial charge is 0.268 e. The Balaban J connectivity index is 1.73. The minimum absolute atomic E-state index is 0.0396. The van der Waals surface area contributed by atoms with Crippen LogP contribution < -0.4 is 10.1 Å². The third-order valence-electron chi connectivity index (χ3n) is 4.19. The van der Waals surface area contributed by atoms with E-state index < -0.39 is 5.91 Å². The highest BCUT2D eigenvalue weighted by atomic mass is 35.5. The van der Waals surface area contributed by atoms with E-state index in [1.807, 2.05) is 31.2 Å². The number of benzene rings is 2. The number of amides is 1. The molecule has 8 heteroatoms. The molecule has 0 saturated heterocycles. The molecular formula is C23H19Cl2N3O2S. The van der Waals surface area contributed by atoms with Crippen LogP contribution in [-0.4, -0.2) is 17.5 Å². The number of nitrogens with zero attached hydrogens (tertiary/aromatic N) is 2. The molecule has 0 unspecified atom stereocenters.